The number of methoxy groups -OCH3 is 1. The Labute approximate surface area is 230 Å². The summed E-state index contributed by atoms with van der Waals surface area (Å²) in [5.74, 6) is 0.125. The van der Waals surface area contributed by atoms with Crippen molar-refractivity contribution in [3.63, 3.8) is 0 Å². The maximum Gasteiger partial charge on any atom is 0.318 e. The number of ether oxygens (including phenoxy) is 1. The highest BCUT2D eigenvalue weighted by Gasteiger charge is 2.34. The number of halogens is 2. The first-order valence-corrected chi connectivity index (χ1v) is 14.2. The fourth-order valence-electron chi connectivity index (χ4n) is 5.75. The summed E-state index contributed by atoms with van der Waals surface area (Å²) in [5, 5.41) is 4.88. The minimum atomic E-state index is -0.522. The number of benzene rings is 2. The lowest BCUT2D eigenvalue weighted by atomic mass is 10.0. The van der Waals surface area contributed by atoms with E-state index in [0.29, 0.717) is 39.5 Å². The average Bonchev–Trinajstić information content (AvgIpc) is 3.63. The molecule has 2 atom stereocenters. The first kappa shape index (κ1) is 25.5. The van der Waals surface area contributed by atoms with E-state index in [0.717, 1.165) is 30.6 Å². The van der Waals surface area contributed by atoms with Crippen LogP contribution in [0.25, 0.3) is 32.2 Å². The molecule has 5 heterocycles. The van der Waals surface area contributed by atoms with Crippen LogP contribution in [0.2, 0.25) is 5.02 Å². The number of rotatable bonds is 3. The lowest BCUT2D eigenvalue weighted by molar-refractivity contribution is 0.380. The third-order valence-electron chi connectivity index (χ3n) is 7.58. The number of para-hydroxylation sites is 1. The number of nitrogens with two attached hydrogens (primary N) is 1. The molecule has 2 bridgehead atoms. The van der Waals surface area contributed by atoms with E-state index in [4.69, 9.17) is 22.1 Å². The van der Waals surface area contributed by atoms with E-state index < -0.39 is 5.82 Å². The molecule has 0 saturated carbocycles. The molecule has 3 N–H and O–H groups in total. The van der Waals surface area contributed by atoms with Gasteiger partial charge in [0, 0.05) is 41.7 Å². The van der Waals surface area contributed by atoms with Crippen molar-refractivity contribution < 1.29 is 9.13 Å². The third-order valence-corrected chi connectivity index (χ3v) is 8.72. The molecule has 0 spiro atoms. The summed E-state index contributed by atoms with van der Waals surface area (Å²) in [6.45, 7) is 4.23. The van der Waals surface area contributed by atoms with E-state index >= 15 is 4.39 Å². The molecule has 2 unspecified atom stereocenters. The van der Waals surface area contributed by atoms with Crippen LogP contribution in [-0.2, 0) is 0 Å². The van der Waals surface area contributed by atoms with E-state index in [1.54, 1.807) is 12.1 Å². The zero-order valence-corrected chi connectivity index (χ0v) is 23.1. The highest BCUT2D eigenvalue weighted by Crippen LogP contribution is 2.42. The molecule has 38 heavy (non-hydrogen) atoms. The molecule has 8 nitrogen and oxygen atoms in total. The molecule has 4 aromatic rings. The van der Waals surface area contributed by atoms with E-state index in [9.17, 15) is 0 Å². The van der Waals surface area contributed by atoms with Crippen LogP contribution in [0.1, 0.15) is 25.7 Å². The van der Waals surface area contributed by atoms with Crippen LogP contribution in [0, 0.1) is 5.82 Å². The van der Waals surface area contributed by atoms with Crippen LogP contribution in [0.15, 0.2) is 24.3 Å². The Morgan fingerprint density at radius 2 is 1.84 bits per heavy atom. The molecule has 200 valence electrons. The van der Waals surface area contributed by atoms with Crippen molar-refractivity contribution in [1.82, 2.24) is 25.2 Å². The summed E-state index contributed by atoms with van der Waals surface area (Å²) in [7, 11) is 3.66. The number of thiazole rings is 1. The minimum Gasteiger partial charge on any atom is -0.467 e. The molecule has 0 aliphatic carbocycles. The van der Waals surface area contributed by atoms with Gasteiger partial charge < -0.3 is 25.6 Å². The second kappa shape index (κ2) is 10.4. The number of nitrogens with zero attached hydrogens (tertiary/aromatic N) is 5. The zero-order valence-electron chi connectivity index (χ0n) is 21.5. The van der Waals surface area contributed by atoms with Crippen molar-refractivity contribution in [2.24, 2.45) is 0 Å². The second-order valence-corrected chi connectivity index (χ2v) is 11.7. The molecule has 0 radical (unpaired) electrons. The number of piperazine rings is 1. The first-order valence-electron chi connectivity index (χ1n) is 13.0. The van der Waals surface area contributed by atoms with E-state index in [1.165, 1.54) is 44.4 Å². The van der Waals surface area contributed by atoms with Crippen molar-refractivity contribution in [2.75, 3.05) is 51.0 Å². The Hall–Kier alpha value is -2.79. The van der Waals surface area contributed by atoms with Gasteiger partial charge in [-0.3, -0.25) is 0 Å². The maximum absolute atomic E-state index is 16.1. The van der Waals surface area contributed by atoms with Gasteiger partial charge in [-0.25, -0.2) is 9.37 Å². The molecular weight excluding hydrogens is 525 g/mol. The van der Waals surface area contributed by atoms with Gasteiger partial charge in [-0.2, -0.15) is 9.97 Å². The summed E-state index contributed by atoms with van der Waals surface area (Å²) >= 11 is 8.04. The van der Waals surface area contributed by atoms with E-state index in [2.05, 4.69) is 37.1 Å². The van der Waals surface area contributed by atoms with Gasteiger partial charge in [0.2, 0.25) is 0 Å². The molecule has 3 saturated heterocycles. The van der Waals surface area contributed by atoms with Crippen molar-refractivity contribution in [2.45, 2.75) is 37.8 Å². The number of anilines is 2. The molecular formula is C27H31ClFN7OS. The monoisotopic (exact) mass is 555 g/mol. The fraction of sp³-hybridized carbons (Fsp3) is 0.444. The number of nitrogens with one attached hydrogen (secondary N) is 1. The van der Waals surface area contributed by atoms with Crippen molar-refractivity contribution in [3.8, 4) is 17.1 Å². The van der Waals surface area contributed by atoms with E-state index in [-0.39, 0.29) is 22.1 Å². The van der Waals surface area contributed by atoms with Crippen LogP contribution < -0.4 is 20.7 Å². The normalized spacial score (nSPS) is 21.2. The largest absolute Gasteiger partial charge is 0.467 e. The summed E-state index contributed by atoms with van der Waals surface area (Å²) < 4.78 is 22.3. The van der Waals surface area contributed by atoms with Gasteiger partial charge in [0.15, 0.2) is 10.9 Å². The summed E-state index contributed by atoms with van der Waals surface area (Å²) in [5.41, 5.74) is 7.54. The molecule has 2 aromatic carbocycles. The SMILES string of the molecule is CN1CCCC1.COc1nc(N2CC3CCC(C2)N3)c2cc(Cl)c(-c3cccc4sc(N)nc34)c(F)c2n1. The molecule has 11 heteroatoms. The van der Waals surface area contributed by atoms with Crippen LogP contribution in [0.4, 0.5) is 15.3 Å². The Balaban J connectivity index is 0.000000390. The Morgan fingerprint density at radius 1 is 1.11 bits per heavy atom. The molecule has 2 aromatic heterocycles. The number of nitrogen functional groups attached to an aromatic ring is 1. The predicted octanol–water partition coefficient (Wildman–Crippen LogP) is 4.94. The van der Waals surface area contributed by atoms with Crippen LogP contribution in [0.5, 0.6) is 6.01 Å². The number of likely N-dealkylation sites (tertiary alicyclic amines) is 1. The minimum absolute atomic E-state index is 0.127. The summed E-state index contributed by atoms with van der Waals surface area (Å²) in [6, 6.07) is 8.23. The summed E-state index contributed by atoms with van der Waals surface area (Å²) in [6.07, 6.45) is 5.08. The quantitative estimate of drug-likeness (QED) is 0.367. The van der Waals surface area contributed by atoms with Crippen molar-refractivity contribution in [3.05, 3.63) is 35.1 Å². The number of fused-ring (bicyclic) bond motifs is 4. The van der Waals surface area contributed by atoms with Crippen LogP contribution in [-0.4, -0.2) is 72.3 Å². The number of hydrogen-bond acceptors (Lipinski definition) is 9. The standard InChI is InChI=1S/C22H20ClFN6OS.C5H11N/c1-31-22-28-19-13(20(29-22)30-8-10-5-6-11(9-30)26-10)7-14(23)16(17(19)24)12-3-2-4-15-18(12)27-21(25)32-15;1-6-4-2-3-5-6/h2-4,7,10-11,26H,5-6,8-9H2,1H3,(H2,25,27);2-5H2,1H3. The van der Waals surface area contributed by atoms with E-state index in [1.807, 2.05) is 12.1 Å². The summed E-state index contributed by atoms with van der Waals surface area (Å²) in [4.78, 5) is 17.9. The first-order chi connectivity index (χ1) is 18.4. The zero-order chi connectivity index (χ0) is 26.4. The molecule has 3 aliphatic heterocycles. The molecule has 3 fully saturated rings. The van der Waals surface area contributed by atoms with Gasteiger partial charge in [0.05, 0.1) is 22.3 Å². The van der Waals surface area contributed by atoms with Crippen molar-refractivity contribution >= 4 is 55.0 Å². The molecule has 3 aliphatic rings. The highest BCUT2D eigenvalue weighted by atomic mass is 35.5. The Morgan fingerprint density at radius 3 is 2.50 bits per heavy atom. The Kier molecular flexibility index (Phi) is 6.98. The predicted molar refractivity (Wildman–Crippen MR) is 153 cm³/mol. The van der Waals surface area contributed by atoms with Gasteiger partial charge in [-0.05, 0) is 58.0 Å². The van der Waals surface area contributed by atoms with Gasteiger partial charge >= 0.3 is 6.01 Å². The van der Waals surface area contributed by atoms with Gasteiger partial charge in [0.25, 0.3) is 0 Å². The van der Waals surface area contributed by atoms with Crippen LogP contribution in [0.3, 0.4) is 0 Å². The average molecular weight is 556 g/mol. The number of aromatic nitrogens is 3. The molecule has 7 rings (SSSR count). The molecule has 0 amide bonds. The third kappa shape index (κ3) is 4.75. The number of hydrogen-bond donors (Lipinski definition) is 2. The topological polar surface area (TPSA) is 92.4 Å². The lowest BCUT2D eigenvalue weighted by Gasteiger charge is -2.34. The second-order valence-electron chi connectivity index (χ2n) is 10.2. The van der Waals surface area contributed by atoms with Gasteiger partial charge in [0.1, 0.15) is 11.3 Å². The smallest absolute Gasteiger partial charge is 0.318 e. The van der Waals surface area contributed by atoms with Crippen LogP contribution >= 0.6 is 22.9 Å². The van der Waals surface area contributed by atoms with Gasteiger partial charge in [-0.15, -0.1) is 0 Å². The lowest BCUT2D eigenvalue weighted by Crippen LogP contribution is -2.51. The van der Waals surface area contributed by atoms with Gasteiger partial charge in [-0.1, -0.05) is 35.1 Å². The fourth-order valence-corrected chi connectivity index (χ4v) is 6.81. The highest BCUT2D eigenvalue weighted by molar-refractivity contribution is 7.22. The maximum atomic E-state index is 16.1. The van der Waals surface area contributed by atoms with Crippen molar-refractivity contribution in [1.29, 1.82) is 0 Å². The Bertz CT molecular complexity index is 1480.